The molecule has 1 aliphatic rings. The van der Waals surface area contributed by atoms with Gasteiger partial charge in [-0.2, -0.15) is 9.37 Å². The van der Waals surface area contributed by atoms with Gasteiger partial charge in [0.15, 0.2) is 0 Å². The first-order chi connectivity index (χ1) is 8.79. The highest BCUT2D eigenvalue weighted by atomic mass is 19.1. The number of nitrogens with zero attached hydrogens (tertiary/aromatic N) is 2. The van der Waals surface area contributed by atoms with E-state index in [2.05, 4.69) is 15.3 Å². The molecule has 0 aliphatic heterocycles. The predicted molar refractivity (Wildman–Crippen MR) is 68.2 cm³/mol. The monoisotopic (exact) mass is 253 g/mol. The molecule has 18 heavy (non-hydrogen) atoms. The zero-order chi connectivity index (χ0) is 12.8. The summed E-state index contributed by atoms with van der Waals surface area (Å²) in [5.41, 5.74) is 0. The molecular formula is C13H20FN3O. The standard InChI is InChI=1S/C13H20FN3O/c1-2-15-13-16-8-11(14)12(17-13)18-9-10-6-4-3-5-7-10/h8,10H,2-7,9H2,1H3,(H,15,16,17). The van der Waals surface area contributed by atoms with Crippen molar-refractivity contribution in [3.8, 4) is 5.88 Å². The molecule has 0 atom stereocenters. The molecule has 5 heteroatoms. The Balaban J connectivity index is 1.92. The number of anilines is 1. The Morgan fingerprint density at radius 1 is 1.39 bits per heavy atom. The van der Waals surface area contributed by atoms with E-state index in [1.54, 1.807) is 0 Å². The van der Waals surface area contributed by atoms with Gasteiger partial charge in [0, 0.05) is 6.54 Å². The Morgan fingerprint density at radius 3 is 2.89 bits per heavy atom. The van der Waals surface area contributed by atoms with Crippen molar-refractivity contribution < 1.29 is 9.13 Å². The quantitative estimate of drug-likeness (QED) is 0.876. The van der Waals surface area contributed by atoms with E-state index in [0.29, 0.717) is 25.0 Å². The summed E-state index contributed by atoms with van der Waals surface area (Å²) in [4.78, 5) is 7.87. The van der Waals surface area contributed by atoms with Crippen LogP contribution in [0.15, 0.2) is 6.20 Å². The van der Waals surface area contributed by atoms with Gasteiger partial charge in [0.05, 0.1) is 12.8 Å². The zero-order valence-corrected chi connectivity index (χ0v) is 10.8. The van der Waals surface area contributed by atoms with Gasteiger partial charge in [-0.1, -0.05) is 19.3 Å². The Bertz CT molecular complexity index is 380. The van der Waals surface area contributed by atoms with Gasteiger partial charge in [-0.3, -0.25) is 0 Å². The van der Waals surface area contributed by atoms with Gasteiger partial charge in [0.25, 0.3) is 5.88 Å². The van der Waals surface area contributed by atoms with Crippen molar-refractivity contribution in [3.05, 3.63) is 12.0 Å². The predicted octanol–water partition coefficient (Wildman–Crippen LogP) is 3.01. The second kappa shape index (κ2) is 6.52. The van der Waals surface area contributed by atoms with Gasteiger partial charge in [-0.05, 0) is 25.7 Å². The number of nitrogens with one attached hydrogen (secondary N) is 1. The van der Waals surface area contributed by atoms with Crippen LogP contribution in [-0.4, -0.2) is 23.1 Å². The Morgan fingerprint density at radius 2 is 2.17 bits per heavy atom. The first-order valence-electron chi connectivity index (χ1n) is 6.68. The molecule has 0 bridgehead atoms. The van der Waals surface area contributed by atoms with Crippen LogP contribution in [0.1, 0.15) is 39.0 Å². The smallest absolute Gasteiger partial charge is 0.255 e. The summed E-state index contributed by atoms with van der Waals surface area (Å²) in [5.74, 6) is 0.521. The van der Waals surface area contributed by atoms with Gasteiger partial charge in [-0.15, -0.1) is 0 Å². The number of ether oxygens (including phenoxy) is 1. The molecule has 1 aromatic rings. The fourth-order valence-electron chi connectivity index (χ4n) is 2.25. The second-order valence-electron chi connectivity index (χ2n) is 4.69. The molecule has 1 heterocycles. The average Bonchev–Trinajstić information content (AvgIpc) is 2.41. The zero-order valence-electron chi connectivity index (χ0n) is 10.8. The number of hydrogen-bond donors (Lipinski definition) is 1. The molecule has 0 saturated heterocycles. The van der Waals surface area contributed by atoms with Crippen molar-refractivity contribution in [1.29, 1.82) is 0 Å². The number of aromatic nitrogens is 2. The first-order valence-corrected chi connectivity index (χ1v) is 6.68. The van der Waals surface area contributed by atoms with Crippen LogP contribution in [0.5, 0.6) is 5.88 Å². The van der Waals surface area contributed by atoms with Crippen molar-refractivity contribution in [2.45, 2.75) is 39.0 Å². The molecule has 2 rings (SSSR count). The molecular weight excluding hydrogens is 233 g/mol. The van der Waals surface area contributed by atoms with Gasteiger partial charge in [-0.25, -0.2) is 4.98 Å². The highest BCUT2D eigenvalue weighted by molar-refractivity contribution is 5.27. The summed E-state index contributed by atoms with van der Waals surface area (Å²) < 4.78 is 19.0. The third kappa shape index (κ3) is 3.55. The molecule has 0 unspecified atom stereocenters. The molecule has 0 radical (unpaired) electrons. The number of hydrogen-bond acceptors (Lipinski definition) is 4. The molecule has 0 aromatic carbocycles. The van der Waals surface area contributed by atoms with E-state index in [1.807, 2.05) is 6.92 Å². The maximum atomic E-state index is 13.5. The van der Waals surface area contributed by atoms with Crippen LogP contribution in [0.25, 0.3) is 0 Å². The van der Waals surface area contributed by atoms with Crippen LogP contribution in [0.2, 0.25) is 0 Å². The minimum atomic E-state index is -0.493. The lowest BCUT2D eigenvalue weighted by atomic mass is 9.90. The molecule has 0 amide bonds. The average molecular weight is 253 g/mol. The lowest BCUT2D eigenvalue weighted by molar-refractivity contribution is 0.195. The van der Waals surface area contributed by atoms with Crippen LogP contribution in [-0.2, 0) is 0 Å². The fraction of sp³-hybridized carbons (Fsp3) is 0.692. The minimum Gasteiger partial charge on any atom is -0.475 e. The Hall–Kier alpha value is -1.39. The third-order valence-corrected chi connectivity index (χ3v) is 3.23. The Kier molecular flexibility index (Phi) is 4.73. The lowest BCUT2D eigenvalue weighted by Gasteiger charge is -2.21. The first kappa shape index (κ1) is 13.1. The summed E-state index contributed by atoms with van der Waals surface area (Å²) in [6.07, 6.45) is 7.31. The van der Waals surface area contributed by atoms with E-state index in [0.717, 1.165) is 6.20 Å². The third-order valence-electron chi connectivity index (χ3n) is 3.23. The van der Waals surface area contributed by atoms with Crippen molar-refractivity contribution in [1.82, 2.24) is 9.97 Å². The summed E-state index contributed by atoms with van der Waals surface area (Å²) in [7, 11) is 0. The van der Waals surface area contributed by atoms with Gasteiger partial charge < -0.3 is 10.1 Å². The molecule has 1 fully saturated rings. The van der Waals surface area contributed by atoms with Crippen LogP contribution < -0.4 is 10.1 Å². The van der Waals surface area contributed by atoms with Crippen LogP contribution >= 0.6 is 0 Å². The molecule has 100 valence electrons. The largest absolute Gasteiger partial charge is 0.475 e. The van der Waals surface area contributed by atoms with E-state index in [-0.39, 0.29) is 5.88 Å². The maximum absolute atomic E-state index is 13.5. The molecule has 1 N–H and O–H groups in total. The van der Waals surface area contributed by atoms with E-state index in [9.17, 15) is 4.39 Å². The molecule has 1 aromatic heterocycles. The van der Waals surface area contributed by atoms with Gasteiger partial charge >= 0.3 is 0 Å². The van der Waals surface area contributed by atoms with Crippen LogP contribution in [0.4, 0.5) is 10.3 Å². The van der Waals surface area contributed by atoms with Crippen LogP contribution in [0.3, 0.4) is 0 Å². The topological polar surface area (TPSA) is 47.0 Å². The van der Waals surface area contributed by atoms with Crippen molar-refractivity contribution in [3.63, 3.8) is 0 Å². The number of halogens is 1. The molecule has 1 saturated carbocycles. The normalized spacial score (nSPS) is 16.6. The highest BCUT2D eigenvalue weighted by Gasteiger charge is 2.16. The summed E-state index contributed by atoms with van der Waals surface area (Å²) >= 11 is 0. The van der Waals surface area contributed by atoms with Crippen molar-refractivity contribution in [2.24, 2.45) is 5.92 Å². The summed E-state index contributed by atoms with van der Waals surface area (Å²) in [6, 6.07) is 0. The van der Waals surface area contributed by atoms with E-state index >= 15 is 0 Å². The summed E-state index contributed by atoms with van der Waals surface area (Å²) in [5, 5.41) is 2.94. The lowest BCUT2D eigenvalue weighted by Crippen LogP contribution is -2.16. The van der Waals surface area contributed by atoms with Crippen molar-refractivity contribution in [2.75, 3.05) is 18.5 Å². The highest BCUT2D eigenvalue weighted by Crippen LogP contribution is 2.25. The summed E-state index contributed by atoms with van der Waals surface area (Å²) in [6.45, 7) is 3.20. The van der Waals surface area contributed by atoms with Crippen molar-refractivity contribution >= 4 is 5.95 Å². The van der Waals surface area contributed by atoms with E-state index < -0.39 is 5.82 Å². The molecule has 0 spiro atoms. The fourth-order valence-corrected chi connectivity index (χ4v) is 2.25. The molecule has 1 aliphatic carbocycles. The SMILES string of the molecule is CCNc1ncc(F)c(OCC2CCCCC2)n1. The Labute approximate surface area is 107 Å². The maximum Gasteiger partial charge on any atom is 0.255 e. The van der Waals surface area contributed by atoms with E-state index in [4.69, 9.17) is 4.74 Å². The minimum absolute atomic E-state index is 0.0616. The second-order valence-corrected chi connectivity index (χ2v) is 4.69. The van der Waals surface area contributed by atoms with Gasteiger partial charge in [0.2, 0.25) is 11.8 Å². The molecule has 4 nitrogen and oxygen atoms in total. The van der Waals surface area contributed by atoms with E-state index in [1.165, 1.54) is 32.1 Å². The van der Waals surface area contributed by atoms with Crippen LogP contribution in [0, 0.1) is 11.7 Å². The van der Waals surface area contributed by atoms with Gasteiger partial charge in [0.1, 0.15) is 0 Å². The number of rotatable bonds is 5.